The van der Waals surface area contributed by atoms with Gasteiger partial charge in [0.05, 0.1) is 0 Å². The van der Waals surface area contributed by atoms with Crippen molar-refractivity contribution < 1.29 is 9.53 Å². The normalized spacial score (nSPS) is 15.9. The molecular formula is C23H31N3O2. The number of rotatable bonds is 7. The number of nitrogens with one attached hydrogen (secondary N) is 1. The summed E-state index contributed by atoms with van der Waals surface area (Å²) in [4.78, 5) is 17.3. The van der Waals surface area contributed by atoms with Gasteiger partial charge in [0.15, 0.2) is 6.10 Å². The molecule has 1 amide bonds. The molecule has 5 nitrogen and oxygen atoms in total. The Bertz CT molecular complexity index is 768. The van der Waals surface area contributed by atoms with E-state index in [0.29, 0.717) is 13.0 Å². The molecule has 28 heavy (non-hydrogen) atoms. The molecule has 0 radical (unpaired) electrons. The van der Waals surface area contributed by atoms with Gasteiger partial charge in [0.25, 0.3) is 5.91 Å². The van der Waals surface area contributed by atoms with Crippen molar-refractivity contribution in [2.75, 3.05) is 38.1 Å². The Morgan fingerprint density at radius 3 is 2.39 bits per heavy atom. The van der Waals surface area contributed by atoms with Crippen molar-refractivity contribution >= 4 is 11.6 Å². The molecule has 0 bridgehead atoms. The highest BCUT2D eigenvalue weighted by Crippen LogP contribution is 2.19. The number of aryl methyl sites for hydroxylation is 1. The molecule has 1 N–H and O–H groups in total. The van der Waals surface area contributed by atoms with Crippen LogP contribution >= 0.6 is 0 Å². The van der Waals surface area contributed by atoms with E-state index in [1.54, 1.807) is 0 Å². The van der Waals surface area contributed by atoms with E-state index >= 15 is 0 Å². The number of benzene rings is 2. The summed E-state index contributed by atoms with van der Waals surface area (Å²) < 4.78 is 5.93. The van der Waals surface area contributed by atoms with Gasteiger partial charge >= 0.3 is 0 Å². The minimum absolute atomic E-state index is 0.0751. The Morgan fingerprint density at radius 2 is 1.75 bits per heavy atom. The number of hydrogen-bond donors (Lipinski definition) is 1. The summed E-state index contributed by atoms with van der Waals surface area (Å²) in [6.45, 7) is 8.76. The van der Waals surface area contributed by atoms with Gasteiger partial charge in [-0.3, -0.25) is 4.79 Å². The Hall–Kier alpha value is -2.53. The Morgan fingerprint density at radius 1 is 1.07 bits per heavy atom. The number of para-hydroxylation sites is 1. The SMILES string of the molecule is CCC(Oc1ccccc1C)C(=O)NCc1ccc(N2CCN(C)CC2)cc1. The molecule has 0 aliphatic carbocycles. The fourth-order valence-corrected chi connectivity index (χ4v) is 3.36. The van der Waals surface area contributed by atoms with Gasteiger partial charge in [-0.1, -0.05) is 37.3 Å². The van der Waals surface area contributed by atoms with Crippen LogP contribution in [0.3, 0.4) is 0 Å². The van der Waals surface area contributed by atoms with Crippen LogP contribution in [-0.2, 0) is 11.3 Å². The molecule has 1 aliphatic rings. The summed E-state index contributed by atoms with van der Waals surface area (Å²) in [5, 5.41) is 3.01. The molecule has 1 atom stereocenters. The lowest BCUT2D eigenvalue weighted by Crippen LogP contribution is -2.44. The number of hydrogen-bond acceptors (Lipinski definition) is 4. The van der Waals surface area contributed by atoms with Gasteiger partial charge in [-0.25, -0.2) is 0 Å². The lowest BCUT2D eigenvalue weighted by molar-refractivity contribution is -0.128. The summed E-state index contributed by atoms with van der Waals surface area (Å²) in [7, 11) is 2.16. The van der Waals surface area contributed by atoms with Crippen molar-refractivity contribution in [3.05, 3.63) is 59.7 Å². The third-order valence-electron chi connectivity index (χ3n) is 5.30. The minimum Gasteiger partial charge on any atom is -0.480 e. The third kappa shape index (κ3) is 5.26. The standard InChI is InChI=1S/C23H31N3O2/c1-4-21(28-22-8-6-5-7-18(22)2)23(27)24-17-19-9-11-20(12-10-19)26-15-13-25(3)14-16-26/h5-12,21H,4,13-17H2,1-3H3,(H,24,27). The van der Waals surface area contributed by atoms with Gasteiger partial charge in [0.2, 0.25) is 0 Å². The van der Waals surface area contributed by atoms with E-state index in [-0.39, 0.29) is 5.91 Å². The molecule has 1 unspecified atom stereocenters. The van der Waals surface area contributed by atoms with Gasteiger partial charge in [0, 0.05) is 38.4 Å². The molecular weight excluding hydrogens is 350 g/mol. The van der Waals surface area contributed by atoms with Gasteiger partial charge in [-0.05, 0) is 49.7 Å². The van der Waals surface area contributed by atoms with Crippen molar-refractivity contribution in [1.29, 1.82) is 0 Å². The van der Waals surface area contributed by atoms with Crippen molar-refractivity contribution in [3.8, 4) is 5.75 Å². The second-order valence-electron chi connectivity index (χ2n) is 7.45. The molecule has 1 saturated heterocycles. The lowest BCUT2D eigenvalue weighted by atomic mass is 10.1. The van der Waals surface area contributed by atoms with Crippen LogP contribution < -0.4 is 15.0 Å². The van der Waals surface area contributed by atoms with E-state index in [9.17, 15) is 4.79 Å². The Kier molecular flexibility index (Phi) is 6.93. The fraction of sp³-hybridized carbons (Fsp3) is 0.435. The molecule has 2 aromatic carbocycles. The molecule has 0 aromatic heterocycles. The minimum atomic E-state index is -0.481. The van der Waals surface area contributed by atoms with Crippen LogP contribution in [0.5, 0.6) is 5.75 Å². The smallest absolute Gasteiger partial charge is 0.261 e. The number of anilines is 1. The summed E-state index contributed by atoms with van der Waals surface area (Å²) in [6.07, 6.45) is 0.147. The lowest BCUT2D eigenvalue weighted by Gasteiger charge is -2.34. The first-order valence-electron chi connectivity index (χ1n) is 10.1. The summed E-state index contributed by atoms with van der Waals surface area (Å²) in [5.41, 5.74) is 3.38. The number of likely N-dealkylation sites (N-methyl/N-ethyl adjacent to an activating group) is 1. The molecule has 3 rings (SSSR count). The molecule has 5 heteroatoms. The molecule has 2 aromatic rings. The van der Waals surface area contributed by atoms with Crippen LogP contribution in [0.4, 0.5) is 5.69 Å². The summed E-state index contributed by atoms with van der Waals surface area (Å²) in [5.74, 6) is 0.690. The molecule has 0 saturated carbocycles. The highest BCUT2D eigenvalue weighted by atomic mass is 16.5. The van der Waals surface area contributed by atoms with E-state index in [1.807, 2.05) is 38.1 Å². The molecule has 1 heterocycles. The van der Waals surface area contributed by atoms with Crippen LogP contribution in [0.25, 0.3) is 0 Å². The average Bonchev–Trinajstić information content (AvgIpc) is 2.72. The second kappa shape index (κ2) is 9.60. The van der Waals surface area contributed by atoms with E-state index in [2.05, 4.69) is 46.4 Å². The average molecular weight is 382 g/mol. The quantitative estimate of drug-likeness (QED) is 0.800. The largest absolute Gasteiger partial charge is 0.480 e. The maximum absolute atomic E-state index is 12.6. The van der Waals surface area contributed by atoms with Crippen molar-refractivity contribution in [2.24, 2.45) is 0 Å². The van der Waals surface area contributed by atoms with Crippen molar-refractivity contribution in [3.63, 3.8) is 0 Å². The number of carbonyl (C=O) groups excluding carboxylic acids is 1. The van der Waals surface area contributed by atoms with Crippen molar-refractivity contribution in [2.45, 2.75) is 32.9 Å². The molecule has 1 aliphatic heterocycles. The Labute approximate surface area is 168 Å². The van der Waals surface area contributed by atoms with Gasteiger partial charge in [-0.2, -0.15) is 0 Å². The van der Waals surface area contributed by atoms with E-state index in [1.165, 1.54) is 5.69 Å². The zero-order valence-electron chi connectivity index (χ0n) is 17.1. The van der Waals surface area contributed by atoms with E-state index in [4.69, 9.17) is 4.74 Å². The fourth-order valence-electron chi connectivity index (χ4n) is 3.36. The third-order valence-corrected chi connectivity index (χ3v) is 5.30. The van der Waals surface area contributed by atoms with Crippen LogP contribution in [0.15, 0.2) is 48.5 Å². The molecule has 1 fully saturated rings. The number of ether oxygens (including phenoxy) is 1. The van der Waals surface area contributed by atoms with Gasteiger partial charge in [-0.15, -0.1) is 0 Å². The topological polar surface area (TPSA) is 44.8 Å². The van der Waals surface area contributed by atoms with Gasteiger partial charge in [0.1, 0.15) is 5.75 Å². The first kappa shape index (κ1) is 20.2. The highest BCUT2D eigenvalue weighted by molar-refractivity contribution is 5.81. The van der Waals surface area contributed by atoms with Gasteiger partial charge < -0.3 is 19.9 Å². The second-order valence-corrected chi connectivity index (χ2v) is 7.45. The zero-order chi connectivity index (χ0) is 19.9. The van der Waals surface area contributed by atoms with Crippen LogP contribution in [-0.4, -0.2) is 50.1 Å². The predicted octanol–water partition coefficient (Wildman–Crippen LogP) is 3.22. The maximum Gasteiger partial charge on any atom is 0.261 e. The first-order chi connectivity index (χ1) is 13.6. The monoisotopic (exact) mass is 381 g/mol. The van der Waals surface area contributed by atoms with Crippen LogP contribution in [0.1, 0.15) is 24.5 Å². The van der Waals surface area contributed by atoms with E-state index < -0.39 is 6.10 Å². The summed E-state index contributed by atoms with van der Waals surface area (Å²) in [6, 6.07) is 16.3. The first-order valence-corrected chi connectivity index (χ1v) is 10.1. The van der Waals surface area contributed by atoms with Crippen LogP contribution in [0.2, 0.25) is 0 Å². The highest BCUT2D eigenvalue weighted by Gasteiger charge is 2.19. The number of amides is 1. The number of carbonyl (C=O) groups is 1. The van der Waals surface area contributed by atoms with E-state index in [0.717, 1.165) is 43.1 Å². The zero-order valence-corrected chi connectivity index (χ0v) is 17.1. The maximum atomic E-state index is 12.6. The number of nitrogens with zero attached hydrogens (tertiary/aromatic N) is 2. The Balaban J connectivity index is 1.52. The molecule has 150 valence electrons. The van der Waals surface area contributed by atoms with Crippen LogP contribution in [0, 0.1) is 6.92 Å². The molecule has 0 spiro atoms. The predicted molar refractivity (Wildman–Crippen MR) is 114 cm³/mol. The van der Waals surface area contributed by atoms with Crippen molar-refractivity contribution in [1.82, 2.24) is 10.2 Å². The summed E-state index contributed by atoms with van der Waals surface area (Å²) >= 11 is 0. The number of piperazine rings is 1.